The Morgan fingerprint density at radius 1 is 1.06 bits per heavy atom. The molecular formula is C24H18N2O6. The molecule has 1 fully saturated rings. The molecule has 2 aromatic heterocycles. The Kier molecular flexibility index (Phi) is 4.62. The van der Waals surface area contributed by atoms with E-state index < -0.39 is 29.4 Å². The number of aromatic nitrogens is 1. The summed E-state index contributed by atoms with van der Waals surface area (Å²) in [5.41, 5.74) is 1.08. The number of aryl methyl sites for hydroxylation is 1. The van der Waals surface area contributed by atoms with Gasteiger partial charge in [0.05, 0.1) is 13.2 Å². The fourth-order valence-electron chi connectivity index (χ4n) is 4.07. The van der Waals surface area contributed by atoms with Gasteiger partial charge in [0, 0.05) is 11.5 Å². The van der Waals surface area contributed by atoms with E-state index in [0.29, 0.717) is 22.7 Å². The molecule has 2 aromatic carbocycles. The van der Waals surface area contributed by atoms with E-state index in [0.717, 1.165) is 5.39 Å². The normalized spacial score (nSPS) is 18.5. The number of amides is 1. The van der Waals surface area contributed by atoms with Crippen LogP contribution in [0.25, 0.3) is 11.0 Å². The molecule has 2 atom stereocenters. The third-order valence-corrected chi connectivity index (χ3v) is 5.55. The first-order valence-corrected chi connectivity index (χ1v) is 9.95. The summed E-state index contributed by atoms with van der Waals surface area (Å²) < 4.78 is 16.1. The van der Waals surface area contributed by atoms with Crippen molar-refractivity contribution in [2.24, 2.45) is 5.92 Å². The number of carbonyl (C=O) groups excluding carboxylic acids is 3. The Labute approximate surface area is 182 Å². The average Bonchev–Trinajstić information content (AvgIpc) is 3.50. The van der Waals surface area contributed by atoms with Gasteiger partial charge in [0.1, 0.15) is 23.0 Å². The summed E-state index contributed by atoms with van der Waals surface area (Å²) >= 11 is 0. The molecular weight excluding hydrogens is 412 g/mol. The highest BCUT2D eigenvalue weighted by atomic mass is 16.5. The van der Waals surface area contributed by atoms with Crippen LogP contribution in [-0.4, -0.2) is 29.7 Å². The molecule has 0 aliphatic carbocycles. The Morgan fingerprint density at radius 3 is 2.59 bits per heavy atom. The van der Waals surface area contributed by atoms with Gasteiger partial charge in [-0.15, -0.1) is 0 Å². The zero-order valence-electron chi connectivity index (χ0n) is 17.3. The number of Topliss-reactive ketones (excluding diaryl/α,β-unsaturated/α-hetero) is 2. The number of hydrogen-bond acceptors (Lipinski definition) is 7. The SMILES string of the molecule is COc1cccc(C2C(C(=O)c3cc4ccccc4o3)C(=O)C(=O)N2c2cc(C)on2)c1. The van der Waals surface area contributed by atoms with E-state index in [1.54, 1.807) is 61.5 Å². The summed E-state index contributed by atoms with van der Waals surface area (Å²) in [6.45, 7) is 1.68. The summed E-state index contributed by atoms with van der Waals surface area (Å²) in [6.07, 6.45) is 0. The molecule has 160 valence electrons. The van der Waals surface area contributed by atoms with Crippen LogP contribution in [-0.2, 0) is 9.59 Å². The summed E-state index contributed by atoms with van der Waals surface area (Å²) in [5, 5.41) is 4.65. The van der Waals surface area contributed by atoms with Gasteiger partial charge in [-0.2, -0.15) is 0 Å². The molecule has 1 saturated heterocycles. The van der Waals surface area contributed by atoms with Crippen molar-refractivity contribution in [1.29, 1.82) is 0 Å². The van der Waals surface area contributed by atoms with E-state index >= 15 is 0 Å². The minimum Gasteiger partial charge on any atom is -0.497 e. The second-order valence-electron chi connectivity index (χ2n) is 7.55. The van der Waals surface area contributed by atoms with E-state index in [1.807, 2.05) is 6.07 Å². The summed E-state index contributed by atoms with van der Waals surface area (Å²) in [5.74, 6) is -2.37. The van der Waals surface area contributed by atoms with Gasteiger partial charge < -0.3 is 13.7 Å². The molecule has 1 amide bonds. The van der Waals surface area contributed by atoms with Gasteiger partial charge in [0.25, 0.3) is 5.91 Å². The largest absolute Gasteiger partial charge is 0.497 e. The molecule has 4 aromatic rings. The molecule has 3 heterocycles. The minimum absolute atomic E-state index is 0.0171. The maximum atomic E-state index is 13.5. The van der Waals surface area contributed by atoms with E-state index in [-0.39, 0.29) is 11.6 Å². The van der Waals surface area contributed by atoms with Crippen LogP contribution in [0, 0.1) is 12.8 Å². The second-order valence-corrected chi connectivity index (χ2v) is 7.55. The lowest BCUT2D eigenvalue weighted by Crippen LogP contribution is -2.30. The lowest BCUT2D eigenvalue weighted by Gasteiger charge is -2.25. The van der Waals surface area contributed by atoms with Crippen molar-refractivity contribution in [1.82, 2.24) is 5.16 Å². The number of furan rings is 1. The molecule has 5 rings (SSSR count). The summed E-state index contributed by atoms with van der Waals surface area (Å²) in [7, 11) is 1.51. The Morgan fingerprint density at radius 2 is 1.88 bits per heavy atom. The predicted octanol–water partition coefficient (Wildman–Crippen LogP) is 3.89. The van der Waals surface area contributed by atoms with Gasteiger partial charge in [0.2, 0.25) is 11.6 Å². The van der Waals surface area contributed by atoms with Crippen LogP contribution in [0.3, 0.4) is 0 Å². The van der Waals surface area contributed by atoms with Crippen molar-refractivity contribution < 1.29 is 28.1 Å². The zero-order chi connectivity index (χ0) is 22.4. The van der Waals surface area contributed by atoms with Crippen molar-refractivity contribution in [2.45, 2.75) is 13.0 Å². The van der Waals surface area contributed by atoms with Crippen LogP contribution in [0.5, 0.6) is 5.75 Å². The van der Waals surface area contributed by atoms with Crippen molar-refractivity contribution in [3.05, 3.63) is 77.7 Å². The Hall–Kier alpha value is -4.20. The van der Waals surface area contributed by atoms with Gasteiger partial charge in [-0.25, -0.2) is 0 Å². The minimum atomic E-state index is -1.31. The highest BCUT2D eigenvalue weighted by Gasteiger charge is 2.54. The third-order valence-electron chi connectivity index (χ3n) is 5.55. The standard InChI is InChI=1S/C24H18N2O6/c1-13-10-19(25-32-13)26-21(15-7-5-8-16(11-15)30-2)20(23(28)24(26)29)22(27)18-12-14-6-3-4-9-17(14)31-18/h3-12,20-21H,1-2H3. The molecule has 0 saturated carbocycles. The maximum absolute atomic E-state index is 13.5. The number of carbonyl (C=O) groups is 3. The molecule has 1 aliphatic heterocycles. The fourth-order valence-corrected chi connectivity index (χ4v) is 4.07. The number of rotatable bonds is 5. The van der Waals surface area contributed by atoms with Crippen molar-refractivity contribution in [3.8, 4) is 5.75 Å². The van der Waals surface area contributed by atoms with E-state index in [4.69, 9.17) is 13.7 Å². The van der Waals surface area contributed by atoms with Crippen molar-refractivity contribution >= 4 is 34.3 Å². The highest BCUT2D eigenvalue weighted by Crippen LogP contribution is 2.42. The lowest BCUT2D eigenvalue weighted by atomic mass is 9.88. The van der Waals surface area contributed by atoms with E-state index in [9.17, 15) is 14.4 Å². The molecule has 1 aliphatic rings. The van der Waals surface area contributed by atoms with Crippen molar-refractivity contribution in [2.75, 3.05) is 12.0 Å². The molecule has 0 N–H and O–H groups in total. The number of benzene rings is 2. The first-order chi connectivity index (χ1) is 15.5. The number of hydrogen-bond donors (Lipinski definition) is 0. The number of methoxy groups -OCH3 is 1. The van der Waals surface area contributed by atoms with Gasteiger partial charge in [-0.3, -0.25) is 19.3 Å². The number of para-hydroxylation sites is 1. The Bertz CT molecular complexity index is 1330. The summed E-state index contributed by atoms with van der Waals surface area (Å²) in [4.78, 5) is 40.9. The number of ketones is 2. The van der Waals surface area contributed by atoms with E-state index in [1.165, 1.54) is 12.0 Å². The third kappa shape index (κ3) is 3.08. The monoisotopic (exact) mass is 430 g/mol. The van der Waals surface area contributed by atoms with Crippen LogP contribution in [0.15, 0.2) is 69.6 Å². The van der Waals surface area contributed by atoms with Gasteiger partial charge in [-0.05, 0) is 36.8 Å². The number of nitrogens with zero attached hydrogens (tertiary/aromatic N) is 2. The van der Waals surface area contributed by atoms with Crippen LogP contribution in [0.1, 0.15) is 27.9 Å². The van der Waals surface area contributed by atoms with Crippen molar-refractivity contribution in [3.63, 3.8) is 0 Å². The number of ether oxygens (including phenoxy) is 1. The van der Waals surface area contributed by atoms with E-state index in [2.05, 4.69) is 5.16 Å². The van der Waals surface area contributed by atoms with Crippen LogP contribution >= 0.6 is 0 Å². The number of anilines is 1. The van der Waals surface area contributed by atoms with Crippen LogP contribution < -0.4 is 9.64 Å². The smallest absolute Gasteiger partial charge is 0.297 e. The van der Waals surface area contributed by atoms with Gasteiger partial charge >= 0.3 is 0 Å². The molecule has 8 nitrogen and oxygen atoms in total. The molecule has 0 bridgehead atoms. The first-order valence-electron chi connectivity index (χ1n) is 9.95. The highest BCUT2D eigenvalue weighted by molar-refractivity contribution is 6.48. The topological polar surface area (TPSA) is 103 Å². The first kappa shape index (κ1) is 19.7. The molecule has 8 heteroatoms. The quantitative estimate of drug-likeness (QED) is 0.269. The predicted molar refractivity (Wildman–Crippen MR) is 114 cm³/mol. The summed E-state index contributed by atoms with van der Waals surface area (Å²) in [6, 6.07) is 16.2. The maximum Gasteiger partial charge on any atom is 0.297 e. The fraction of sp³-hybridized carbons (Fsp3) is 0.167. The molecule has 0 radical (unpaired) electrons. The Balaban J connectivity index is 1.65. The second kappa shape index (κ2) is 7.49. The lowest BCUT2D eigenvalue weighted by molar-refractivity contribution is -0.135. The average molecular weight is 430 g/mol. The van der Waals surface area contributed by atoms with Crippen LogP contribution in [0.2, 0.25) is 0 Å². The van der Waals surface area contributed by atoms with Gasteiger partial charge in [0.15, 0.2) is 11.6 Å². The van der Waals surface area contributed by atoms with Gasteiger partial charge in [-0.1, -0.05) is 35.5 Å². The molecule has 32 heavy (non-hydrogen) atoms. The zero-order valence-corrected chi connectivity index (χ0v) is 17.3. The molecule has 2 unspecified atom stereocenters. The molecule has 0 spiro atoms. The van der Waals surface area contributed by atoms with Crippen LogP contribution in [0.4, 0.5) is 5.82 Å². The number of fused-ring (bicyclic) bond motifs is 1.